The van der Waals surface area contributed by atoms with E-state index in [2.05, 4.69) is 32.5 Å². The second-order valence-electron chi connectivity index (χ2n) is 4.97. The Labute approximate surface area is 136 Å². The van der Waals surface area contributed by atoms with E-state index in [-0.39, 0.29) is 0 Å². The zero-order chi connectivity index (χ0) is 14.4. The Balaban J connectivity index is 2.03. The third-order valence-corrected chi connectivity index (χ3v) is 4.72. The number of hydrogen-bond donors (Lipinski definition) is 0. The molecule has 2 aromatic carbocycles. The minimum atomic E-state index is 0.649. The zero-order valence-corrected chi connectivity index (χ0v) is 13.3. The maximum Gasteiger partial charge on any atom is 0.268 e. The Kier molecular flexibility index (Phi) is 2.95. The maximum atomic E-state index is 12.9. The van der Waals surface area contributed by atoms with Gasteiger partial charge in [-0.3, -0.25) is 4.99 Å². The van der Waals surface area contributed by atoms with Gasteiger partial charge in [-0.05, 0) is 40.8 Å². The molecule has 0 aliphatic carbocycles. The van der Waals surface area contributed by atoms with Crippen LogP contribution in [-0.4, -0.2) is 29.4 Å². The summed E-state index contributed by atoms with van der Waals surface area (Å²) in [6, 6.07) is 15.6. The van der Waals surface area contributed by atoms with E-state index in [4.69, 9.17) is 0 Å². The Morgan fingerprint density at radius 2 is 1.86 bits per heavy atom. The third kappa shape index (κ3) is 1.87. The van der Waals surface area contributed by atoms with E-state index in [1.54, 1.807) is 0 Å². The highest BCUT2D eigenvalue weighted by Crippen LogP contribution is 2.35. The Morgan fingerprint density at radius 3 is 2.71 bits per heavy atom. The minimum Gasteiger partial charge on any atom is -0.618 e. The van der Waals surface area contributed by atoms with Gasteiger partial charge in [0.05, 0.1) is 12.1 Å². The lowest BCUT2D eigenvalue weighted by Crippen LogP contribution is -2.41. The van der Waals surface area contributed by atoms with Crippen molar-refractivity contribution in [1.82, 2.24) is 0 Å². The topological polar surface area (TPSA) is 41.7 Å². The number of rotatable bonds is 1. The number of amidine groups is 1. The minimum absolute atomic E-state index is 0.649. The molecule has 5 heteroatoms. The average molecular weight is 389 g/mol. The first kappa shape index (κ1) is 12.8. The van der Waals surface area contributed by atoms with E-state index in [9.17, 15) is 5.21 Å². The SMILES string of the molecule is [O-][N+]1=C(c2ccccc2I)C2=NCCN2c2ccccc21. The van der Waals surface area contributed by atoms with Crippen molar-refractivity contribution in [2.24, 2.45) is 4.99 Å². The van der Waals surface area contributed by atoms with Crippen LogP contribution in [0.25, 0.3) is 0 Å². The van der Waals surface area contributed by atoms with Crippen molar-refractivity contribution < 1.29 is 4.74 Å². The highest BCUT2D eigenvalue weighted by atomic mass is 127. The number of hydrogen-bond acceptors (Lipinski definition) is 3. The van der Waals surface area contributed by atoms with Gasteiger partial charge in [0, 0.05) is 16.2 Å². The van der Waals surface area contributed by atoms with E-state index >= 15 is 0 Å². The van der Waals surface area contributed by atoms with Gasteiger partial charge in [0.1, 0.15) is 5.69 Å². The third-order valence-electron chi connectivity index (χ3n) is 3.78. The Morgan fingerprint density at radius 1 is 1.10 bits per heavy atom. The van der Waals surface area contributed by atoms with Crippen molar-refractivity contribution in [1.29, 1.82) is 0 Å². The maximum absolute atomic E-state index is 12.9. The van der Waals surface area contributed by atoms with Crippen LogP contribution in [0.5, 0.6) is 0 Å². The zero-order valence-electron chi connectivity index (χ0n) is 11.2. The second kappa shape index (κ2) is 4.84. The van der Waals surface area contributed by atoms with Crippen molar-refractivity contribution in [2.75, 3.05) is 18.0 Å². The summed E-state index contributed by atoms with van der Waals surface area (Å²) in [4.78, 5) is 6.71. The van der Waals surface area contributed by atoms with Crippen LogP contribution in [0.1, 0.15) is 5.56 Å². The predicted octanol–water partition coefficient (Wildman–Crippen LogP) is 3.15. The molecule has 4 rings (SSSR count). The lowest BCUT2D eigenvalue weighted by Gasteiger charge is -2.27. The number of anilines is 1. The fraction of sp³-hybridized carbons (Fsp3) is 0.125. The summed E-state index contributed by atoms with van der Waals surface area (Å²) in [5, 5.41) is 12.9. The second-order valence-corrected chi connectivity index (χ2v) is 6.13. The van der Waals surface area contributed by atoms with Gasteiger partial charge in [-0.1, -0.05) is 24.3 Å². The molecule has 0 atom stereocenters. The molecule has 0 spiro atoms. The van der Waals surface area contributed by atoms with Crippen LogP contribution in [0.15, 0.2) is 53.5 Å². The van der Waals surface area contributed by atoms with Crippen LogP contribution in [0.3, 0.4) is 0 Å². The molecule has 0 radical (unpaired) electrons. The van der Waals surface area contributed by atoms with Gasteiger partial charge in [-0.2, -0.15) is 4.74 Å². The van der Waals surface area contributed by atoms with Crippen molar-refractivity contribution >= 4 is 45.5 Å². The molecule has 0 saturated carbocycles. The largest absolute Gasteiger partial charge is 0.618 e. The summed E-state index contributed by atoms with van der Waals surface area (Å²) >= 11 is 2.27. The number of benzene rings is 2. The normalized spacial score (nSPS) is 16.6. The molecule has 104 valence electrons. The number of fused-ring (bicyclic) bond motifs is 3. The number of aliphatic imine (C=N–C) groups is 1. The lowest BCUT2D eigenvalue weighted by atomic mass is 10.1. The monoisotopic (exact) mass is 389 g/mol. The van der Waals surface area contributed by atoms with Crippen LogP contribution in [0.4, 0.5) is 11.4 Å². The quantitative estimate of drug-likeness (QED) is 0.427. The lowest BCUT2D eigenvalue weighted by molar-refractivity contribution is -0.358. The summed E-state index contributed by atoms with van der Waals surface area (Å²) in [7, 11) is 0. The van der Waals surface area contributed by atoms with Crippen molar-refractivity contribution in [3.63, 3.8) is 0 Å². The van der Waals surface area contributed by atoms with E-state index in [1.807, 2.05) is 48.5 Å². The molecular weight excluding hydrogens is 377 g/mol. The summed E-state index contributed by atoms with van der Waals surface area (Å²) in [6.07, 6.45) is 0. The van der Waals surface area contributed by atoms with Crippen LogP contribution >= 0.6 is 22.6 Å². The average Bonchev–Trinajstić information content (AvgIpc) is 2.99. The number of para-hydroxylation sites is 2. The van der Waals surface area contributed by atoms with Crippen LogP contribution in [-0.2, 0) is 0 Å². The molecular formula is C16H12IN3O. The Hall–Kier alpha value is -1.89. The Bertz CT molecular complexity index is 798. The van der Waals surface area contributed by atoms with Gasteiger partial charge >= 0.3 is 0 Å². The molecule has 2 heterocycles. The molecule has 0 fully saturated rings. The first-order chi connectivity index (χ1) is 10.3. The standard InChI is InChI=1S/C16H12IN3O/c17-12-6-2-1-5-11(12)15-16-18-9-10-19(16)13-7-3-4-8-14(13)20(15)21/h1-8H,9-10H2. The van der Waals surface area contributed by atoms with Gasteiger partial charge in [0.25, 0.3) is 5.71 Å². The summed E-state index contributed by atoms with van der Waals surface area (Å²) in [6.45, 7) is 1.55. The molecule has 0 amide bonds. The van der Waals surface area contributed by atoms with E-state index in [1.165, 1.54) is 0 Å². The molecule has 4 nitrogen and oxygen atoms in total. The highest BCUT2D eigenvalue weighted by molar-refractivity contribution is 14.1. The van der Waals surface area contributed by atoms with Crippen molar-refractivity contribution in [2.45, 2.75) is 0 Å². The first-order valence-electron chi connectivity index (χ1n) is 6.78. The molecule has 21 heavy (non-hydrogen) atoms. The van der Waals surface area contributed by atoms with Gasteiger partial charge in [-0.25, -0.2) is 0 Å². The van der Waals surface area contributed by atoms with E-state index < -0.39 is 0 Å². The van der Waals surface area contributed by atoms with E-state index in [0.717, 1.165) is 38.5 Å². The van der Waals surface area contributed by atoms with Gasteiger partial charge in [0.2, 0.25) is 11.5 Å². The molecule has 0 unspecified atom stereocenters. The molecule has 0 N–H and O–H groups in total. The van der Waals surface area contributed by atoms with Crippen molar-refractivity contribution in [3.8, 4) is 0 Å². The molecule has 2 aliphatic heterocycles. The molecule has 2 aliphatic rings. The fourth-order valence-electron chi connectivity index (χ4n) is 2.84. The molecule has 0 saturated heterocycles. The van der Waals surface area contributed by atoms with Crippen LogP contribution in [0, 0.1) is 8.78 Å². The smallest absolute Gasteiger partial charge is 0.268 e. The first-order valence-corrected chi connectivity index (χ1v) is 7.86. The van der Waals surface area contributed by atoms with Gasteiger partial charge in [-0.15, -0.1) is 0 Å². The summed E-state index contributed by atoms with van der Waals surface area (Å²) in [5.41, 5.74) is 3.22. The molecule has 0 aromatic heterocycles. The number of halogens is 1. The summed E-state index contributed by atoms with van der Waals surface area (Å²) < 4.78 is 2.08. The van der Waals surface area contributed by atoms with Crippen LogP contribution < -0.4 is 4.90 Å². The van der Waals surface area contributed by atoms with Crippen LogP contribution in [0.2, 0.25) is 0 Å². The van der Waals surface area contributed by atoms with Gasteiger partial charge < -0.3 is 10.1 Å². The van der Waals surface area contributed by atoms with Crippen molar-refractivity contribution in [3.05, 3.63) is 62.9 Å². The molecule has 0 bridgehead atoms. The fourth-order valence-corrected chi connectivity index (χ4v) is 3.49. The highest BCUT2D eigenvalue weighted by Gasteiger charge is 2.38. The molecule has 2 aromatic rings. The summed E-state index contributed by atoms with van der Waals surface area (Å²) in [5.74, 6) is 0.785. The van der Waals surface area contributed by atoms with E-state index in [0.29, 0.717) is 11.4 Å². The number of nitrogens with zero attached hydrogens (tertiary/aromatic N) is 3. The predicted molar refractivity (Wildman–Crippen MR) is 92.6 cm³/mol. The van der Waals surface area contributed by atoms with Gasteiger partial charge in [0.15, 0.2) is 0 Å².